The van der Waals surface area contributed by atoms with Crippen LogP contribution in [0.2, 0.25) is 0 Å². The summed E-state index contributed by atoms with van der Waals surface area (Å²) in [6.45, 7) is 0. The van der Waals surface area contributed by atoms with E-state index >= 15 is 0 Å². The minimum absolute atomic E-state index is 0.213. The lowest BCUT2D eigenvalue weighted by Crippen LogP contribution is -2.09. The monoisotopic (exact) mass is 360 g/mol. The van der Waals surface area contributed by atoms with Crippen molar-refractivity contribution in [2.75, 3.05) is 11.5 Å². The summed E-state index contributed by atoms with van der Waals surface area (Å²) in [5.41, 5.74) is 10.1. The van der Waals surface area contributed by atoms with E-state index in [0.717, 1.165) is 37.2 Å². The van der Waals surface area contributed by atoms with Crippen LogP contribution in [0.4, 0.5) is 0 Å². The van der Waals surface area contributed by atoms with Crippen LogP contribution in [-0.4, -0.2) is 23.3 Å². The Balaban J connectivity index is 2.99. The van der Waals surface area contributed by atoms with Gasteiger partial charge in [0.25, 0.3) is 0 Å². The van der Waals surface area contributed by atoms with Crippen molar-refractivity contribution in [3.8, 4) is 0 Å². The molecule has 4 nitrogen and oxygen atoms in total. The van der Waals surface area contributed by atoms with E-state index in [4.69, 9.17) is 11.5 Å². The number of hydrogen-bond acceptors (Lipinski definition) is 7. The summed E-state index contributed by atoms with van der Waals surface area (Å²) in [4.78, 5) is 21.0. The molecule has 4 N–H and O–H groups in total. The fourth-order valence-electron chi connectivity index (χ4n) is 1.04. The van der Waals surface area contributed by atoms with Gasteiger partial charge >= 0.3 is 0 Å². The fraction of sp³-hybridized carbons (Fsp3) is 0.800. The SMILES string of the molecule is NC(=O)CCCCSSSSSCCCCC(N)=O. The highest BCUT2D eigenvalue weighted by molar-refractivity contribution is 9.35. The van der Waals surface area contributed by atoms with Crippen molar-refractivity contribution in [1.82, 2.24) is 0 Å². The molecule has 19 heavy (non-hydrogen) atoms. The van der Waals surface area contributed by atoms with E-state index in [0.29, 0.717) is 12.8 Å². The highest BCUT2D eigenvalue weighted by Gasteiger charge is 1.98. The van der Waals surface area contributed by atoms with Crippen molar-refractivity contribution in [1.29, 1.82) is 0 Å². The van der Waals surface area contributed by atoms with Gasteiger partial charge in [0.1, 0.15) is 0 Å². The van der Waals surface area contributed by atoms with Gasteiger partial charge in [0.2, 0.25) is 11.8 Å². The van der Waals surface area contributed by atoms with Crippen LogP contribution in [0.25, 0.3) is 0 Å². The van der Waals surface area contributed by atoms with Crippen molar-refractivity contribution >= 4 is 62.9 Å². The molecule has 0 bridgehead atoms. The highest BCUT2D eigenvalue weighted by Crippen LogP contribution is 2.48. The quantitative estimate of drug-likeness (QED) is 0.361. The Morgan fingerprint density at radius 2 is 1.11 bits per heavy atom. The first kappa shape index (κ1) is 19.7. The van der Waals surface area contributed by atoms with Crippen LogP contribution in [-0.2, 0) is 9.59 Å². The Bertz CT molecular complexity index is 232. The zero-order chi connectivity index (χ0) is 14.3. The first-order chi connectivity index (χ1) is 9.13. The molecule has 0 rings (SSSR count). The summed E-state index contributed by atoms with van der Waals surface area (Å²) in [6, 6.07) is 0. The topological polar surface area (TPSA) is 86.2 Å². The summed E-state index contributed by atoms with van der Waals surface area (Å²) in [7, 11) is 8.91. The Morgan fingerprint density at radius 3 is 1.47 bits per heavy atom. The fourth-order valence-corrected chi connectivity index (χ4v) is 10.0. The third-order valence-electron chi connectivity index (χ3n) is 1.95. The Morgan fingerprint density at radius 1 is 0.684 bits per heavy atom. The van der Waals surface area contributed by atoms with Gasteiger partial charge in [-0.05, 0) is 55.2 Å². The van der Waals surface area contributed by atoms with Crippen LogP contribution in [0.1, 0.15) is 38.5 Å². The van der Waals surface area contributed by atoms with Gasteiger partial charge in [-0.25, -0.2) is 0 Å². The lowest BCUT2D eigenvalue weighted by Gasteiger charge is -2.00. The zero-order valence-corrected chi connectivity index (χ0v) is 14.8. The van der Waals surface area contributed by atoms with Crippen molar-refractivity contribution in [3.05, 3.63) is 0 Å². The van der Waals surface area contributed by atoms with Crippen molar-refractivity contribution in [2.24, 2.45) is 11.5 Å². The second-order valence-corrected chi connectivity index (χ2v) is 11.7. The van der Waals surface area contributed by atoms with Crippen molar-refractivity contribution in [3.63, 3.8) is 0 Å². The molecule has 0 atom stereocenters. The molecule has 9 heteroatoms. The summed E-state index contributed by atoms with van der Waals surface area (Å²) in [5, 5.41) is 0. The van der Waals surface area contributed by atoms with Crippen molar-refractivity contribution in [2.45, 2.75) is 38.5 Å². The summed E-state index contributed by atoms with van der Waals surface area (Å²) < 4.78 is 0. The van der Waals surface area contributed by atoms with Crippen LogP contribution < -0.4 is 11.5 Å². The maximum atomic E-state index is 10.5. The van der Waals surface area contributed by atoms with Gasteiger partial charge < -0.3 is 11.5 Å². The molecule has 2 amide bonds. The van der Waals surface area contributed by atoms with Gasteiger partial charge in [-0.2, -0.15) is 0 Å². The predicted molar refractivity (Wildman–Crippen MR) is 93.8 cm³/mol. The Labute approximate surface area is 133 Å². The molecule has 0 spiro atoms. The number of unbranched alkanes of at least 4 members (excludes halogenated alkanes) is 2. The molecule has 0 aromatic rings. The number of carbonyl (C=O) groups is 2. The van der Waals surface area contributed by atoms with E-state index in [1.165, 1.54) is 0 Å². The third-order valence-corrected chi connectivity index (χ3v) is 10.8. The van der Waals surface area contributed by atoms with Gasteiger partial charge in [0.05, 0.1) is 0 Å². The van der Waals surface area contributed by atoms with Crippen LogP contribution >= 0.6 is 51.1 Å². The summed E-state index contributed by atoms with van der Waals surface area (Å²) in [6.07, 6.45) is 4.82. The first-order valence-corrected chi connectivity index (χ1v) is 12.4. The van der Waals surface area contributed by atoms with Gasteiger partial charge in [-0.15, -0.1) is 0 Å². The van der Waals surface area contributed by atoms with E-state index in [1.807, 2.05) is 21.6 Å². The second-order valence-electron chi connectivity index (χ2n) is 3.69. The summed E-state index contributed by atoms with van der Waals surface area (Å²) in [5.74, 6) is 1.68. The van der Waals surface area contributed by atoms with Crippen LogP contribution in [0, 0.1) is 0 Å². The van der Waals surface area contributed by atoms with Gasteiger partial charge in [0.15, 0.2) is 0 Å². The van der Waals surface area contributed by atoms with Crippen LogP contribution in [0.3, 0.4) is 0 Å². The molecule has 0 aliphatic heterocycles. The lowest BCUT2D eigenvalue weighted by atomic mass is 10.2. The average Bonchev–Trinajstić information content (AvgIpc) is 2.34. The third kappa shape index (κ3) is 18.7. The number of nitrogens with two attached hydrogens (primary N) is 2. The number of amides is 2. The molecule has 0 saturated heterocycles. The normalized spacial score (nSPS) is 10.5. The van der Waals surface area contributed by atoms with Crippen LogP contribution in [0.15, 0.2) is 0 Å². The van der Waals surface area contributed by atoms with E-state index in [2.05, 4.69) is 0 Å². The first-order valence-electron chi connectivity index (χ1n) is 5.94. The molecule has 0 aromatic carbocycles. The molecule has 112 valence electrons. The van der Waals surface area contributed by atoms with Gasteiger partial charge in [0, 0.05) is 24.3 Å². The minimum atomic E-state index is -0.213. The lowest BCUT2D eigenvalue weighted by molar-refractivity contribution is -0.118. The molecule has 0 saturated carbocycles. The molecule has 0 aliphatic rings. The maximum absolute atomic E-state index is 10.5. The maximum Gasteiger partial charge on any atom is 0.217 e. The standard InChI is InChI=1S/C10H20N2O2S5/c11-9(13)5-1-3-7-15-17-19-18-16-8-4-2-6-10(12)14/h1-8H2,(H2,11,13)(H2,12,14). The van der Waals surface area contributed by atoms with E-state index in [1.54, 1.807) is 29.5 Å². The average molecular weight is 361 g/mol. The molecular weight excluding hydrogens is 340 g/mol. The Kier molecular flexibility index (Phi) is 15.6. The predicted octanol–water partition coefficient (Wildman–Crippen LogP) is 3.62. The molecule has 0 aromatic heterocycles. The van der Waals surface area contributed by atoms with Crippen LogP contribution in [0.5, 0.6) is 0 Å². The number of rotatable bonds is 14. The smallest absolute Gasteiger partial charge is 0.217 e. The molecule has 0 fully saturated rings. The molecule has 0 aliphatic carbocycles. The number of hydrogen-bond donors (Lipinski definition) is 2. The second kappa shape index (κ2) is 15.1. The van der Waals surface area contributed by atoms with Gasteiger partial charge in [-0.3, -0.25) is 9.59 Å². The van der Waals surface area contributed by atoms with Crippen molar-refractivity contribution < 1.29 is 9.59 Å². The molecular formula is C10H20N2O2S5. The Hall–Kier alpha value is 0.690. The highest BCUT2D eigenvalue weighted by atomic mass is 33.8. The van der Waals surface area contributed by atoms with E-state index in [9.17, 15) is 9.59 Å². The number of carbonyl (C=O) groups excluding carboxylic acids is 2. The molecule has 0 radical (unpaired) electrons. The largest absolute Gasteiger partial charge is 0.370 e. The molecule has 0 unspecified atom stereocenters. The minimum Gasteiger partial charge on any atom is -0.370 e. The summed E-state index contributed by atoms with van der Waals surface area (Å²) >= 11 is 0. The van der Waals surface area contributed by atoms with E-state index < -0.39 is 0 Å². The van der Waals surface area contributed by atoms with E-state index in [-0.39, 0.29) is 11.8 Å². The zero-order valence-electron chi connectivity index (χ0n) is 10.7. The molecule has 0 heterocycles. The number of primary amides is 2. The van der Waals surface area contributed by atoms with Gasteiger partial charge in [-0.1, -0.05) is 21.6 Å².